The van der Waals surface area contributed by atoms with Crippen molar-refractivity contribution in [3.8, 4) is 17.6 Å². The lowest BCUT2D eigenvalue weighted by Crippen LogP contribution is -2.39. The SMILES string of the molecule is COc1cc(/C=C/C(=O)Nc2cccc(C(=O)N3CCC(CO)CC3)c2)ccc1OCC#N. The Morgan fingerprint density at radius 3 is 2.70 bits per heavy atom. The van der Waals surface area contributed by atoms with Gasteiger partial charge in [0.15, 0.2) is 18.1 Å². The Labute approximate surface area is 193 Å². The van der Waals surface area contributed by atoms with E-state index in [4.69, 9.17) is 14.7 Å². The van der Waals surface area contributed by atoms with Gasteiger partial charge in [-0.2, -0.15) is 5.26 Å². The number of benzene rings is 2. The number of carbonyl (C=O) groups is 2. The molecule has 2 amide bonds. The zero-order chi connectivity index (χ0) is 23.6. The van der Waals surface area contributed by atoms with Crippen LogP contribution in [0.1, 0.15) is 28.8 Å². The zero-order valence-corrected chi connectivity index (χ0v) is 18.5. The summed E-state index contributed by atoms with van der Waals surface area (Å²) in [5, 5.41) is 20.7. The third-order valence-electron chi connectivity index (χ3n) is 5.44. The van der Waals surface area contributed by atoms with Crippen molar-refractivity contribution in [3.63, 3.8) is 0 Å². The van der Waals surface area contributed by atoms with Crippen LogP contribution in [0.2, 0.25) is 0 Å². The molecular weight excluding hydrogens is 422 g/mol. The van der Waals surface area contributed by atoms with Crippen molar-refractivity contribution >= 4 is 23.6 Å². The molecule has 0 aromatic heterocycles. The normalized spacial score (nSPS) is 14.0. The molecule has 0 aliphatic carbocycles. The Balaban J connectivity index is 1.61. The Morgan fingerprint density at radius 1 is 1.21 bits per heavy atom. The molecule has 0 radical (unpaired) electrons. The highest BCUT2D eigenvalue weighted by Crippen LogP contribution is 2.28. The molecule has 172 valence electrons. The van der Waals surface area contributed by atoms with Crippen LogP contribution >= 0.6 is 0 Å². The average Bonchev–Trinajstić information content (AvgIpc) is 2.86. The second-order valence-corrected chi connectivity index (χ2v) is 7.68. The summed E-state index contributed by atoms with van der Waals surface area (Å²) in [6.45, 7) is 1.31. The third kappa shape index (κ3) is 6.57. The Kier molecular flexibility index (Phi) is 8.44. The number of carbonyl (C=O) groups excluding carboxylic acids is 2. The van der Waals surface area contributed by atoms with Gasteiger partial charge >= 0.3 is 0 Å². The van der Waals surface area contributed by atoms with E-state index in [-0.39, 0.29) is 30.9 Å². The van der Waals surface area contributed by atoms with Crippen molar-refractivity contribution in [3.05, 3.63) is 59.7 Å². The summed E-state index contributed by atoms with van der Waals surface area (Å²) >= 11 is 0. The van der Waals surface area contributed by atoms with E-state index in [1.807, 2.05) is 6.07 Å². The van der Waals surface area contributed by atoms with Crippen LogP contribution in [0, 0.1) is 17.2 Å². The summed E-state index contributed by atoms with van der Waals surface area (Å²) < 4.78 is 10.6. The molecule has 0 saturated carbocycles. The molecule has 0 bridgehead atoms. The number of ether oxygens (including phenoxy) is 2. The van der Waals surface area contributed by atoms with Gasteiger partial charge in [-0.05, 0) is 60.7 Å². The average molecular weight is 450 g/mol. The quantitative estimate of drug-likeness (QED) is 0.599. The molecule has 0 unspecified atom stereocenters. The van der Waals surface area contributed by atoms with Crippen LogP contribution in [0.5, 0.6) is 11.5 Å². The van der Waals surface area contributed by atoms with Crippen LogP contribution in [0.4, 0.5) is 5.69 Å². The third-order valence-corrected chi connectivity index (χ3v) is 5.44. The predicted octanol–water partition coefficient (Wildman–Crippen LogP) is 3.09. The first-order valence-electron chi connectivity index (χ1n) is 10.7. The molecule has 3 rings (SSSR count). The van der Waals surface area contributed by atoms with Crippen LogP contribution in [-0.2, 0) is 4.79 Å². The maximum atomic E-state index is 12.8. The highest BCUT2D eigenvalue weighted by molar-refractivity contribution is 6.03. The lowest BCUT2D eigenvalue weighted by molar-refractivity contribution is -0.111. The number of hydrogen-bond acceptors (Lipinski definition) is 6. The number of rotatable bonds is 8. The molecule has 1 heterocycles. The van der Waals surface area contributed by atoms with Gasteiger partial charge in [0.1, 0.15) is 6.07 Å². The first-order valence-corrected chi connectivity index (χ1v) is 10.7. The number of aliphatic hydroxyl groups excluding tert-OH is 1. The van der Waals surface area contributed by atoms with Crippen molar-refractivity contribution in [2.24, 2.45) is 5.92 Å². The number of amides is 2. The van der Waals surface area contributed by atoms with Crippen LogP contribution in [-0.4, -0.2) is 55.2 Å². The van der Waals surface area contributed by atoms with Gasteiger partial charge in [-0.25, -0.2) is 0 Å². The van der Waals surface area contributed by atoms with Gasteiger partial charge in [-0.3, -0.25) is 9.59 Å². The Morgan fingerprint density at radius 2 is 2.00 bits per heavy atom. The second-order valence-electron chi connectivity index (χ2n) is 7.68. The standard InChI is InChI=1S/C25H27N3O5/c1-32-23-15-18(5-7-22(23)33-14-11-26)6-8-24(30)27-21-4-2-3-20(16-21)25(31)28-12-9-19(17-29)10-13-28/h2-8,15-16,19,29H,9-10,12-14,17H2,1H3,(H,27,30)/b8-6+. The number of hydrogen-bond donors (Lipinski definition) is 2. The molecule has 33 heavy (non-hydrogen) atoms. The highest BCUT2D eigenvalue weighted by atomic mass is 16.5. The molecule has 2 aromatic carbocycles. The lowest BCUT2D eigenvalue weighted by atomic mass is 9.97. The minimum Gasteiger partial charge on any atom is -0.493 e. The molecule has 8 heteroatoms. The lowest BCUT2D eigenvalue weighted by Gasteiger charge is -2.31. The van der Waals surface area contributed by atoms with Crippen LogP contribution < -0.4 is 14.8 Å². The maximum Gasteiger partial charge on any atom is 0.253 e. The maximum absolute atomic E-state index is 12.8. The number of likely N-dealkylation sites (tertiary alicyclic amines) is 1. The van der Waals surface area contributed by atoms with E-state index in [1.54, 1.807) is 53.4 Å². The van der Waals surface area contributed by atoms with Crippen molar-refractivity contribution < 1.29 is 24.2 Å². The second kappa shape index (κ2) is 11.7. The van der Waals surface area contributed by atoms with Gasteiger partial charge in [-0.15, -0.1) is 0 Å². The van der Waals surface area contributed by atoms with E-state index in [0.29, 0.717) is 35.8 Å². The fourth-order valence-electron chi connectivity index (χ4n) is 3.60. The van der Waals surface area contributed by atoms with E-state index >= 15 is 0 Å². The monoisotopic (exact) mass is 449 g/mol. The van der Waals surface area contributed by atoms with Crippen LogP contribution in [0.15, 0.2) is 48.5 Å². The van der Waals surface area contributed by atoms with Crippen molar-refractivity contribution in [1.29, 1.82) is 5.26 Å². The fraction of sp³-hybridized carbons (Fsp3) is 0.320. The molecule has 1 saturated heterocycles. The van der Waals surface area contributed by atoms with E-state index in [0.717, 1.165) is 18.4 Å². The van der Waals surface area contributed by atoms with Crippen molar-refractivity contribution in [2.75, 3.05) is 38.7 Å². The van der Waals surface area contributed by atoms with Crippen LogP contribution in [0.25, 0.3) is 6.08 Å². The number of methoxy groups -OCH3 is 1. The highest BCUT2D eigenvalue weighted by Gasteiger charge is 2.23. The summed E-state index contributed by atoms with van der Waals surface area (Å²) in [4.78, 5) is 27.0. The van der Waals surface area contributed by atoms with Gasteiger partial charge in [0, 0.05) is 37.0 Å². The van der Waals surface area contributed by atoms with Gasteiger partial charge in [-0.1, -0.05) is 12.1 Å². The summed E-state index contributed by atoms with van der Waals surface area (Å²) in [5.74, 6) is 0.744. The van der Waals surface area contributed by atoms with Crippen molar-refractivity contribution in [2.45, 2.75) is 12.8 Å². The van der Waals surface area contributed by atoms with E-state index in [2.05, 4.69) is 5.32 Å². The van der Waals surface area contributed by atoms with E-state index < -0.39 is 0 Å². The number of aliphatic hydroxyl groups is 1. The Hall–Kier alpha value is -3.83. The largest absolute Gasteiger partial charge is 0.493 e. The van der Waals surface area contributed by atoms with Crippen LogP contribution in [0.3, 0.4) is 0 Å². The van der Waals surface area contributed by atoms with Crippen molar-refractivity contribution in [1.82, 2.24) is 4.90 Å². The number of nitrogens with one attached hydrogen (secondary N) is 1. The molecule has 1 aliphatic heterocycles. The minimum absolute atomic E-state index is 0.0798. The van der Waals surface area contributed by atoms with E-state index in [1.165, 1.54) is 13.2 Å². The molecule has 0 spiro atoms. The number of nitrogens with zero attached hydrogens (tertiary/aromatic N) is 2. The van der Waals surface area contributed by atoms with Gasteiger partial charge in [0.2, 0.25) is 5.91 Å². The summed E-state index contributed by atoms with van der Waals surface area (Å²) in [6, 6.07) is 13.9. The molecule has 2 N–H and O–H groups in total. The summed E-state index contributed by atoms with van der Waals surface area (Å²) in [5.41, 5.74) is 1.76. The van der Waals surface area contributed by atoms with E-state index in [9.17, 15) is 14.7 Å². The minimum atomic E-state index is -0.341. The number of piperidine rings is 1. The first-order chi connectivity index (χ1) is 16.0. The molecule has 2 aromatic rings. The summed E-state index contributed by atoms with van der Waals surface area (Å²) in [7, 11) is 1.50. The first kappa shape index (κ1) is 23.8. The smallest absolute Gasteiger partial charge is 0.253 e. The molecule has 1 aliphatic rings. The fourth-order valence-corrected chi connectivity index (χ4v) is 3.60. The summed E-state index contributed by atoms with van der Waals surface area (Å²) in [6.07, 6.45) is 4.60. The molecular formula is C25H27N3O5. The molecule has 8 nitrogen and oxygen atoms in total. The van der Waals surface area contributed by atoms with Gasteiger partial charge in [0.25, 0.3) is 5.91 Å². The zero-order valence-electron chi connectivity index (χ0n) is 18.5. The molecule has 1 fully saturated rings. The molecule has 0 atom stereocenters. The Bertz CT molecular complexity index is 1050. The predicted molar refractivity (Wildman–Crippen MR) is 124 cm³/mol. The number of nitriles is 1. The van der Waals surface area contributed by atoms with Gasteiger partial charge < -0.3 is 24.8 Å². The van der Waals surface area contributed by atoms with Gasteiger partial charge in [0.05, 0.1) is 7.11 Å². The topological polar surface area (TPSA) is 112 Å². The number of anilines is 1.